The van der Waals surface area contributed by atoms with Crippen molar-refractivity contribution in [2.45, 2.75) is 32.6 Å². The SMILES string of the molecule is CC1CCCCC1CNc1cc([N+](=O)[O-])ccn1. The summed E-state index contributed by atoms with van der Waals surface area (Å²) in [7, 11) is 0. The molecule has 0 saturated heterocycles. The number of anilines is 1. The lowest BCUT2D eigenvalue weighted by atomic mass is 9.80. The average Bonchev–Trinajstić information content (AvgIpc) is 2.38. The first-order chi connectivity index (χ1) is 8.66. The minimum absolute atomic E-state index is 0.0872. The number of aromatic nitrogens is 1. The smallest absolute Gasteiger partial charge is 0.274 e. The van der Waals surface area contributed by atoms with Crippen LogP contribution in [0, 0.1) is 22.0 Å². The Labute approximate surface area is 107 Å². The summed E-state index contributed by atoms with van der Waals surface area (Å²) in [5, 5.41) is 13.9. The van der Waals surface area contributed by atoms with Gasteiger partial charge in [-0.2, -0.15) is 0 Å². The monoisotopic (exact) mass is 249 g/mol. The molecule has 18 heavy (non-hydrogen) atoms. The normalized spacial score (nSPS) is 23.6. The van der Waals surface area contributed by atoms with Crippen molar-refractivity contribution >= 4 is 11.5 Å². The van der Waals surface area contributed by atoms with Gasteiger partial charge in [-0.3, -0.25) is 10.1 Å². The lowest BCUT2D eigenvalue weighted by Crippen LogP contribution is -2.24. The van der Waals surface area contributed by atoms with Gasteiger partial charge in [-0.1, -0.05) is 26.2 Å². The van der Waals surface area contributed by atoms with E-state index in [-0.39, 0.29) is 5.69 Å². The van der Waals surface area contributed by atoms with Crippen LogP contribution in [0.3, 0.4) is 0 Å². The van der Waals surface area contributed by atoms with E-state index < -0.39 is 4.92 Å². The Morgan fingerprint density at radius 1 is 1.50 bits per heavy atom. The maximum Gasteiger partial charge on any atom is 0.274 e. The Morgan fingerprint density at radius 3 is 3.00 bits per heavy atom. The fourth-order valence-corrected chi connectivity index (χ4v) is 2.56. The van der Waals surface area contributed by atoms with Crippen LogP contribution < -0.4 is 5.32 Å². The summed E-state index contributed by atoms with van der Waals surface area (Å²) >= 11 is 0. The molecule has 0 amide bonds. The number of pyridine rings is 1. The second-order valence-corrected chi connectivity index (χ2v) is 5.06. The highest BCUT2D eigenvalue weighted by molar-refractivity contribution is 5.44. The molecule has 1 fully saturated rings. The molecule has 2 atom stereocenters. The Kier molecular flexibility index (Phi) is 4.12. The van der Waals surface area contributed by atoms with Crippen LogP contribution in [0.15, 0.2) is 18.3 Å². The van der Waals surface area contributed by atoms with E-state index in [1.54, 1.807) is 0 Å². The van der Waals surface area contributed by atoms with Crippen molar-refractivity contribution < 1.29 is 4.92 Å². The van der Waals surface area contributed by atoms with Crippen molar-refractivity contribution in [1.82, 2.24) is 4.98 Å². The summed E-state index contributed by atoms with van der Waals surface area (Å²) in [5.74, 6) is 1.98. The standard InChI is InChI=1S/C13H19N3O2/c1-10-4-2-3-5-11(10)9-15-13-8-12(16(17)18)6-7-14-13/h6-8,10-11H,2-5,9H2,1H3,(H,14,15). The highest BCUT2D eigenvalue weighted by Gasteiger charge is 2.21. The lowest BCUT2D eigenvalue weighted by molar-refractivity contribution is -0.384. The van der Waals surface area contributed by atoms with E-state index in [2.05, 4.69) is 17.2 Å². The van der Waals surface area contributed by atoms with Crippen molar-refractivity contribution in [2.75, 3.05) is 11.9 Å². The van der Waals surface area contributed by atoms with Crippen molar-refractivity contribution in [3.8, 4) is 0 Å². The predicted molar refractivity (Wildman–Crippen MR) is 70.5 cm³/mol. The summed E-state index contributed by atoms with van der Waals surface area (Å²) in [6, 6.07) is 2.90. The van der Waals surface area contributed by atoms with Gasteiger partial charge in [0, 0.05) is 18.8 Å². The van der Waals surface area contributed by atoms with E-state index in [0.717, 1.165) is 12.5 Å². The third-order valence-electron chi connectivity index (χ3n) is 3.79. The average molecular weight is 249 g/mol. The molecule has 5 nitrogen and oxygen atoms in total. The van der Waals surface area contributed by atoms with Crippen LogP contribution in [0.5, 0.6) is 0 Å². The molecule has 1 saturated carbocycles. The van der Waals surface area contributed by atoms with Crippen molar-refractivity contribution in [3.63, 3.8) is 0 Å². The van der Waals surface area contributed by atoms with Crippen LogP contribution in [0.1, 0.15) is 32.6 Å². The van der Waals surface area contributed by atoms with Crippen molar-refractivity contribution in [1.29, 1.82) is 0 Å². The zero-order valence-electron chi connectivity index (χ0n) is 10.6. The summed E-state index contributed by atoms with van der Waals surface area (Å²) < 4.78 is 0. The first kappa shape index (κ1) is 12.8. The van der Waals surface area contributed by atoms with E-state index >= 15 is 0 Å². The Morgan fingerprint density at radius 2 is 2.28 bits per heavy atom. The molecule has 5 heteroatoms. The highest BCUT2D eigenvalue weighted by Crippen LogP contribution is 2.29. The van der Waals surface area contributed by atoms with Crippen molar-refractivity contribution in [3.05, 3.63) is 28.4 Å². The van der Waals surface area contributed by atoms with E-state index in [1.807, 2.05) is 0 Å². The number of hydrogen-bond acceptors (Lipinski definition) is 4. The van der Waals surface area contributed by atoms with Gasteiger partial charge in [0.2, 0.25) is 0 Å². The van der Waals surface area contributed by atoms with Crippen LogP contribution in [-0.4, -0.2) is 16.5 Å². The molecule has 0 spiro atoms. The van der Waals surface area contributed by atoms with E-state index in [4.69, 9.17) is 0 Å². The first-order valence-electron chi connectivity index (χ1n) is 6.51. The lowest BCUT2D eigenvalue weighted by Gasteiger charge is -2.28. The zero-order valence-corrected chi connectivity index (χ0v) is 10.6. The number of nitrogens with one attached hydrogen (secondary N) is 1. The molecule has 0 aromatic carbocycles. The maximum absolute atomic E-state index is 10.7. The Bertz CT molecular complexity index is 422. The first-order valence-corrected chi connectivity index (χ1v) is 6.51. The van der Waals surface area contributed by atoms with Crippen LogP contribution in [0.2, 0.25) is 0 Å². The second kappa shape index (κ2) is 5.80. The zero-order chi connectivity index (χ0) is 13.0. The van der Waals surface area contributed by atoms with Crippen LogP contribution in [0.25, 0.3) is 0 Å². The number of hydrogen-bond donors (Lipinski definition) is 1. The molecule has 1 aromatic rings. The van der Waals surface area contributed by atoms with E-state index in [0.29, 0.717) is 11.7 Å². The molecule has 2 rings (SSSR count). The molecule has 1 aliphatic rings. The number of nitro groups is 1. The maximum atomic E-state index is 10.7. The molecule has 2 unspecified atom stereocenters. The van der Waals surface area contributed by atoms with Gasteiger partial charge in [-0.15, -0.1) is 0 Å². The third kappa shape index (κ3) is 3.18. The predicted octanol–water partition coefficient (Wildman–Crippen LogP) is 3.23. The molecule has 1 aliphatic carbocycles. The van der Waals surface area contributed by atoms with Gasteiger partial charge in [0.05, 0.1) is 11.0 Å². The van der Waals surface area contributed by atoms with Crippen LogP contribution in [-0.2, 0) is 0 Å². The fraction of sp³-hybridized carbons (Fsp3) is 0.615. The van der Waals surface area contributed by atoms with E-state index in [9.17, 15) is 10.1 Å². The van der Waals surface area contributed by atoms with Gasteiger partial charge in [0.15, 0.2) is 0 Å². The molecule has 0 bridgehead atoms. The summed E-state index contributed by atoms with van der Waals surface area (Å²) in [5.41, 5.74) is 0.0872. The van der Waals surface area contributed by atoms with Crippen LogP contribution >= 0.6 is 0 Å². The molecule has 98 valence electrons. The Hall–Kier alpha value is -1.65. The van der Waals surface area contributed by atoms with Gasteiger partial charge < -0.3 is 5.32 Å². The van der Waals surface area contributed by atoms with Gasteiger partial charge in [-0.25, -0.2) is 4.98 Å². The fourth-order valence-electron chi connectivity index (χ4n) is 2.56. The largest absolute Gasteiger partial charge is 0.370 e. The van der Waals surface area contributed by atoms with Crippen LogP contribution in [0.4, 0.5) is 11.5 Å². The minimum atomic E-state index is -0.393. The molecule has 1 aromatic heterocycles. The number of nitrogens with zero attached hydrogens (tertiary/aromatic N) is 2. The van der Waals surface area contributed by atoms with Crippen molar-refractivity contribution in [2.24, 2.45) is 11.8 Å². The van der Waals surface area contributed by atoms with Gasteiger partial charge >= 0.3 is 0 Å². The molecule has 0 radical (unpaired) electrons. The number of rotatable bonds is 4. The van der Waals surface area contributed by atoms with Gasteiger partial charge in [-0.05, 0) is 18.3 Å². The van der Waals surface area contributed by atoms with Gasteiger partial charge in [0.1, 0.15) is 5.82 Å². The summed E-state index contributed by atoms with van der Waals surface area (Å²) in [6.45, 7) is 3.14. The molecular formula is C13H19N3O2. The topological polar surface area (TPSA) is 68.1 Å². The summed E-state index contributed by atoms with van der Waals surface area (Å²) in [4.78, 5) is 14.4. The van der Waals surface area contributed by atoms with Gasteiger partial charge in [0.25, 0.3) is 5.69 Å². The summed E-state index contributed by atoms with van der Waals surface area (Å²) in [6.07, 6.45) is 6.62. The third-order valence-corrected chi connectivity index (χ3v) is 3.79. The molecule has 1 heterocycles. The minimum Gasteiger partial charge on any atom is -0.370 e. The molecule has 0 aliphatic heterocycles. The molecule has 1 N–H and O–H groups in total. The highest BCUT2D eigenvalue weighted by atomic mass is 16.6. The second-order valence-electron chi connectivity index (χ2n) is 5.06. The quantitative estimate of drug-likeness (QED) is 0.657. The molecular weight excluding hydrogens is 230 g/mol. The van der Waals surface area contributed by atoms with E-state index in [1.165, 1.54) is 44.0 Å². The Balaban J connectivity index is 1.93.